The SMILES string of the molecule is CC(C)(C)c1ccc(/C=C/C(=O)Nc2nc3ccccc3[nH]2)cc1. The van der Waals surface area contributed by atoms with E-state index in [1.54, 1.807) is 6.08 Å². The van der Waals surface area contributed by atoms with Crippen LogP contribution in [0.3, 0.4) is 0 Å². The third kappa shape index (κ3) is 3.71. The summed E-state index contributed by atoms with van der Waals surface area (Å²) in [5, 5.41) is 2.74. The second-order valence-corrected chi connectivity index (χ2v) is 6.80. The Kier molecular flexibility index (Phi) is 4.21. The Labute approximate surface area is 141 Å². The van der Waals surface area contributed by atoms with Gasteiger partial charge in [-0.2, -0.15) is 0 Å². The number of carbonyl (C=O) groups is 1. The first kappa shape index (κ1) is 16.0. The minimum atomic E-state index is -0.214. The smallest absolute Gasteiger partial charge is 0.250 e. The Morgan fingerprint density at radius 3 is 2.46 bits per heavy atom. The molecule has 4 nitrogen and oxygen atoms in total. The van der Waals surface area contributed by atoms with Crippen LogP contribution in [0.5, 0.6) is 0 Å². The number of benzene rings is 2. The summed E-state index contributed by atoms with van der Waals surface area (Å²) in [5.74, 6) is 0.239. The lowest BCUT2D eigenvalue weighted by Crippen LogP contribution is -2.10. The molecule has 3 aromatic rings. The minimum absolute atomic E-state index is 0.126. The number of hydrogen-bond donors (Lipinski definition) is 2. The lowest BCUT2D eigenvalue weighted by molar-refractivity contribution is -0.111. The van der Waals surface area contributed by atoms with Gasteiger partial charge in [0.25, 0.3) is 5.91 Å². The van der Waals surface area contributed by atoms with Gasteiger partial charge in [0.2, 0.25) is 5.95 Å². The van der Waals surface area contributed by atoms with E-state index < -0.39 is 0 Å². The van der Waals surface area contributed by atoms with Crippen molar-refractivity contribution in [2.24, 2.45) is 0 Å². The van der Waals surface area contributed by atoms with Crippen molar-refractivity contribution in [3.8, 4) is 0 Å². The first-order valence-corrected chi connectivity index (χ1v) is 7.96. The van der Waals surface area contributed by atoms with E-state index in [-0.39, 0.29) is 11.3 Å². The molecule has 0 bridgehead atoms. The first-order chi connectivity index (χ1) is 11.4. The summed E-state index contributed by atoms with van der Waals surface area (Å²) in [6.45, 7) is 6.54. The highest BCUT2D eigenvalue weighted by atomic mass is 16.1. The highest BCUT2D eigenvalue weighted by Crippen LogP contribution is 2.22. The van der Waals surface area contributed by atoms with Crippen LogP contribution >= 0.6 is 0 Å². The maximum absolute atomic E-state index is 12.0. The molecular weight excluding hydrogens is 298 g/mol. The van der Waals surface area contributed by atoms with Crippen molar-refractivity contribution >= 4 is 29.0 Å². The zero-order valence-corrected chi connectivity index (χ0v) is 14.1. The molecule has 122 valence electrons. The number of fused-ring (bicyclic) bond motifs is 1. The number of para-hydroxylation sites is 2. The molecule has 2 N–H and O–H groups in total. The van der Waals surface area contributed by atoms with Gasteiger partial charge in [-0.1, -0.05) is 57.2 Å². The lowest BCUT2D eigenvalue weighted by Gasteiger charge is -2.18. The van der Waals surface area contributed by atoms with E-state index in [2.05, 4.69) is 48.2 Å². The molecule has 0 aliphatic carbocycles. The molecule has 4 heteroatoms. The average molecular weight is 319 g/mol. The van der Waals surface area contributed by atoms with Gasteiger partial charge in [0.15, 0.2) is 0 Å². The van der Waals surface area contributed by atoms with Crippen LogP contribution < -0.4 is 5.32 Å². The van der Waals surface area contributed by atoms with E-state index in [1.807, 2.05) is 36.4 Å². The topological polar surface area (TPSA) is 57.8 Å². The van der Waals surface area contributed by atoms with E-state index in [1.165, 1.54) is 11.6 Å². The molecule has 0 radical (unpaired) electrons. The number of amides is 1. The van der Waals surface area contributed by atoms with E-state index in [9.17, 15) is 4.79 Å². The van der Waals surface area contributed by atoms with Gasteiger partial charge >= 0.3 is 0 Å². The maximum Gasteiger partial charge on any atom is 0.250 e. The van der Waals surface area contributed by atoms with Gasteiger partial charge in [0.1, 0.15) is 0 Å². The van der Waals surface area contributed by atoms with Crippen LogP contribution in [0.1, 0.15) is 31.9 Å². The number of carbonyl (C=O) groups excluding carboxylic acids is 1. The van der Waals surface area contributed by atoms with Gasteiger partial charge in [-0.05, 0) is 34.8 Å². The van der Waals surface area contributed by atoms with Crippen molar-refractivity contribution in [2.45, 2.75) is 26.2 Å². The Morgan fingerprint density at radius 1 is 1.08 bits per heavy atom. The summed E-state index contributed by atoms with van der Waals surface area (Å²) in [7, 11) is 0. The summed E-state index contributed by atoms with van der Waals surface area (Å²) in [6, 6.07) is 15.9. The number of aromatic amines is 1. The third-order valence-electron chi connectivity index (χ3n) is 3.83. The molecule has 0 saturated carbocycles. The van der Waals surface area contributed by atoms with Gasteiger partial charge < -0.3 is 4.98 Å². The van der Waals surface area contributed by atoms with Crippen LogP contribution in [-0.4, -0.2) is 15.9 Å². The van der Waals surface area contributed by atoms with Crippen LogP contribution in [0.4, 0.5) is 5.95 Å². The molecule has 1 amide bonds. The monoisotopic (exact) mass is 319 g/mol. The summed E-state index contributed by atoms with van der Waals surface area (Å²) >= 11 is 0. The van der Waals surface area contributed by atoms with Crippen LogP contribution in [0.2, 0.25) is 0 Å². The number of rotatable bonds is 3. The van der Waals surface area contributed by atoms with Crippen LogP contribution in [0.15, 0.2) is 54.6 Å². The lowest BCUT2D eigenvalue weighted by atomic mass is 9.87. The van der Waals surface area contributed by atoms with Crippen molar-refractivity contribution in [1.29, 1.82) is 0 Å². The van der Waals surface area contributed by atoms with Gasteiger partial charge in [-0.25, -0.2) is 4.98 Å². The fourth-order valence-corrected chi connectivity index (χ4v) is 2.44. The van der Waals surface area contributed by atoms with Gasteiger partial charge in [-0.15, -0.1) is 0 Å². The zero-order chi connectivity index (χ0) is 17.2. The number of imidazole rings is 1. The van der Waals surface area contributed by atoms with E-state index >= 15 is 0 Å². The summed E-state index contributed by atoms with van der Waals surface area (Å²) < 4.78 is 0. The largest absolute Gasteiger partial charge is 0.324 e. The summed E-state index contributed by atoms with van der Waals surface area (Å²) in [5.41, 5.74) is 4.11. The Morgan fingerprint density at radius 2 is 1.79 bits per heavy atom. The fourth-order valence-electron chi connectivity index (χ4n) is 2.44. The van der Waals surface area contributed by atoms with E-state index in [0.717, 1.165) is 16.6 Å². The summed E-state index contributed by atoms with van der Waals surface area (Å²) in [4.78, 5) is 19.4. The Hall–Kier alpha value is -2.88. The highest BCUT2D eigenvalue weighted by molar-refractivity contribution is 6.01. The number of nitrogens with zero attached hydrogens (tertiary/aromatic N) is 1. The quantitative estimate of drug-likeness (QED) is 0.698. The third-order valence-corrected chi connectivity index (χ3v) is 3.83. The molecule has 24 heavy (non-hydrogen) atoms. The van der Waals surface area contributed by atoms with Gasteiger partial charge in [0, 0.05) is 6.08 Å². The van der Waals surface area contributed by atoms with Gasteiger partial charge in [-0.3, -0.25) is 10.1 Å². The number of nitrogens with one attached hydrogen (secondary N) is 2. The van der Waals surface area contributed by atoms with E-state index in [0.29, 0.717) is 5.95 Å². The Balaban J connectivity index is 1.66. The second kappa shape index (κ2) is 6.32. The Bertz CT molecular complexity index is 850. The molecule has 0 unspecified atom stereocenters. The van der Waals surface area contributed by atoms with Gasteiger partial charge in [0.05, 0.1) is 11.0 Å². The van der Waals surface area contributed by atoms with Crippen LogP contribution in [0.25, 0.3) is 17.1 Å². The molecule has 2 aromatic carbocycles. The van der Waals surface area contributed by atoms with Crippen LogP contribution in [-0.2, 0) is 10.2 Å². The minimum Gasteiger partial charge on any atom is -0.324 e. The zero-order valence-electron chi connectivity index (χ0n) is 14.1. The molecule has 0 aliphatic heterocycles. The molecule has 0 spiro atoms. The molecule has 0 aliphatic rings. The van der Waals surface area contributed by atoms with Crippen molar-refractivity contribution in [3.63, 3.8) is 0 Å². The number of aromatic nitrogens is 2. The molecular formula is C20H21N3O. The molecule has 1 heterocycles. The van der Waals surface area contributed by atoms with Crippen molar-refractivity contribution in [3.05, 3.63) is 65.7 Å². The fraction of sp³-hybridized carbons (Fsp3) is 0.200. The number of anilines is 1. The normalized spacial score (nSPS) is 12.0. The van der Waals surface area contributed by atoms with Crippen molar-refractivity contribution in [2.75, 3.05) is 5.32 Å². The molecule has 1 aromatic heterocycles. The predicted molar refractivity (Wildman–Crippen MR) is 98.9 cm³/mol. The second-order valence-electron chi connectivity index (χ2n) is 6.80. The maximum atomic E-state index is 12.0. The molecule has 3 rings (SSSR count). The van der Waals surface area contributed by atoms with E-state index in [4.69, 9.17) is 0 Å². The predicted octanol–water partition coefficient (Wildman–Crippen LogP) is 4.51. The summed E-state index contributed by atoms with van der Waals surface area (Å²) in [6.07, 6.45) is 3.31. The number of H-pyrrole nitrogens is 1. The van der Waals surface area contributed by atoms with Crippen molar-refractivity contribution < 1.29 is 4.79 Å². The first-order valence-electron chi connectivity index (χ1n) is 7.96. The van der Waals surface area contributed by atoms with Crippen LogP contribution in [0, 0.1) is 0 Å². The standard InChI is InChI=1S/C20H21N3O/c1-20(2,3)15-11-8-14(9-12-15)10-13-18(24)23-19-21-16-6-4-5-7-17(16)22-19/h4-13H,1-3H3,(H2,21,22,23,24)/b13-10+. The molecule has 0 atom stereocenters. The highest BCUT2D eigenvalue weighted by Gasteiger charge is 2.12. The molecule has 0 saturated heterocycles. The van der Waals surface area contributed by atoms with Crippen molar-refractivity contribution in [1.82, 2.24) is 9.97 Å². The molecule has 0 fully saturated rings. The number of hydrogen-bond acceptors (Lipinski definition) is 2. The average Bonchev–Trinajstić information content (AvgIpc) is 2.94.